The fourth-order valence-corrected chi connectivity index (χ4v) is 6.83. The minimum atomic E-state index is -0.123. The fourth-order valence-electron chi connectivity index (χ4n) is 6.83. The van der Waals surface area contributed by atoms with Gasteiger partial charge in [-0.3, -0.25) is 19.6 Å². The van der Waals surface area contributed by atoms with Gasteiger partial charge in [-0.05, 0) is 63.2 Å². The summed E-state index contributed by atoms with van der Waals surface area (Å²) in [6.07, 6.45) is 7.64. The Kier molecular flexibility index (Phi) is 5.29. The average molecular weight is 415 g/mol. The maximum absolute atomic E-state index is 13.0. The van der Waals surface area contributed by atoms with E-state index in [1.807, 2.05) is 11.8 Å². The lowest BCUT2D eigenvalue weighted by molar-refractivity contribution is -0.146. The Hall–Kier alpha value is -1.96. The average Bonchev–Trinajstić information content (AvgIpc) is 3.12. The molecule has 2 heterocycles. The maximum Gasteiger partial charge on any atom is 0.226 e. The van der Waals surface area contributed by atoms with Gasteiger partial charge in [-0.2, -0.15) is 5.10 Å². The van der Waals surface area contributed by atoms with Gasteiger partial charge < -0.3 is 10.2 Å². The van der Waals surface area contributed by atoms with Crippen LogP contribution in [0.5, 0.6) is 0 Å². The maximum atomic E-state index is 13.0. The van der Waals surface area contributed by atoms with Crippen molar-refractivity contribution in [2.75, 3.05) is 32.7 Å². The highest BCUT2D eigenvalue weighted by Gasteiger charge is 2.54. The first-order valence-corrected chi connectivity index (χ1v) is 11.7. The largest absolute Gasteiger partial charge is 0.355 e. The van der Waals surface area contributed by atoms with E-state index in [2.05, 4.69) is 25.4 Å². The Balaban J connectivity index is 1.04. The van der Waals surface area contributed by atoms with Crippen molar-refractivity contribution in [3.05, 3.63) is 11.6 Å². The molecule has 164 valence electrons. The van der Waals surface area contributed by atoms with E-state index in [9.17, 15) is 9.59 Å². The molecule has 8 nitrogen and oxygen atoms in total. The van der Waals surface area contributed by atoms with E-state index < -0.39 is 0 Å². The van der Waals surface area contributed by atoms with Gasteiger partial charge >= 0.3 is 0 Å². The van der Waals surface area contributed by atoms with Crippen LogP contribution in [0.1, 0.15) is 56.6 Å². The Morgan fingerprint density at radius 3 is 2.27 bits per heavy atom. The Morgan fingerprint density at radius 1 is 1.07 bits per heavy atom. The number of H-pyrrole nitrogens is 1. The van der Waals surface area contributed by atoms with Gasteiger partial charge in [0.1, 0.15) is 5.82 Å². The molecule has 0 aromatic carbocycles. The number of nitrogens with one attached hydrogen (secondary N) is 2. The third kappa shape index (κ3) is 3.98. The van der Waals surface area contributed by atoms with Crippen LogP contribution in [0.3, 0.4) is 0 Å². The van der Waals surface area contributed by atoms with Gasteiger partial charge in [0.25, 0.3) is 0 Å². The van der Waals surface area contributed by atoms with Crippen LogP contribution >= 0.6 is 0 Å². The summed E-state index contributed by atoms with van der Waals surface area (Å²) >= 11 is 0. The molecular weight excluding hydrogens is 380 g/mol. The molecule has 0 spiro atoms. The van der Waals surface area contributed by atoms with E-state index in [1.54, 1.807) is 0 Å². The molecule has 4 aliphatic carbocycles. The van der Waals surface area contributed by atoms with Crippen LogP contribution in [0, 0.1) is 30.1 Å². The van der Waals surface area contributed by atoms with E-state index in [1.165, 1.54) is 19.3 Å². The molecule has 1 saturated heterocycles. The molecule has 2 N–H and O–H groups in total. The lowest BCUT2D eigenvalue weighted by atomic mass is 9.49. The number of aromatic nitrogens is 3. The molecule has 0 unspecified atom stereocenters. The van der Waals surface area contributed by atoms with Crippen LogP contribution in [0.15, 0.2) is 0 Å². The van der Waals surface area contributed by atoms with Crippen molar-refractivity contribution >= 4 is 11.8 Å². The predicted molar refractivity (Wildman–Crippen MR) is 111 cm³/mol. The molecule has 6 rings (SSSR count). The zero-order chi connectivity index (χ0) is 20.7. The highest BCUT2D eigenvalue weighted by Crippen LogP contribution is 2.60. The second-order valence-corrected chi connectivity index (χ2v) is 10.2. The standard InChI is InChI=1S/C22H34N6O2/c1-15-24-19(26-25-15)14-27-4-6-28(7-5-27)20(29)2-3-23-21(30)22-11-16-8-17(12-22)10-18(9-16)13-22/h16-18H,2-14H2,1H3,(H,23,30)(H,24,25,26). The number of aromatic amines is 1. The first-order valence-electron chi connectivity index (χ1n) is 11.7. The number of aryl methyl sites for hydroxylation is 1. The molecule has 0 atom stereocenters. The van der Waals surface area contributed by atoms with Crippen molar-refractivity contribution < 1.29 is 9.59 Å². The van der Waals surface area contributed by atoms with E-state index in [0.717, 1.165) is 74.8 Å². The summed E-state index contributed by atoms with van der Waals surface area (Å²) in [5.41, 5.74) is -0.123. The summed E-state index contributed by atoms with van der Waals surface area (Å²) in [4.78, 5) is 34.2. The SMILES string of the molecule is Cc1nc(CN2CCN(C(=O)CCNC(=O)C34CC5CC(CC(C5)C3)C4)CC2)n[nH]1. The monoisotopic (exact) mass is 414 g/mol. The number of carbonyl (C=O) groups is 2. The number of carbonyl (C=O) groups excluding carboxylic acids is 2. The van der Waals surface area contributed by atoms with E-state index >= 15 is 0 Å². The van der Waals surface area contributed by atoms with E-state index in [4.69, 9.17) is 0 Å². The van der Waals surface area contributed by atoms with Gasteiger partial charge in [-0.1, -0.05) is 0 Å². The van der Waals surface area contributed by atoms with Crippen molar-refractivity contribution in [1.82, 2.24) is 30.3 Å². The lowest BCUT2D eigenvalue weighted by Gasteiger charge is -2.55. The highest BCUT2D eigenvalue weighted by atomic mass is 16.2. The highest BCUT2D eigenvalue weighted by molar-refractivity contribution is 5.84. The molecule has 5 fully saturated rings. The van der Waals surface area contributed by atoms with Gasteiger partial charge in [0.2, 0.25) is 11.8 Å². The Bertz CT molecular complexity index is 762. The van der Waals surface area contributed by atoms with Gasteiger partial charge in [0.05, 0.1) is 6.54 Å². The van der Waals surface area contributed by atoms with Gasteiger partial charge in [0, 0.05) is 44.6 Å². The first kappa shape index (κ1) is 20.0. The van der Waals surface area contributed by atoms with Crippen LogP contribution in [0.4, 0.5) is 0 Å². The van der Waals surface area contributed by atoms with Crippen LogP contribution in [0.2, 0.25) is 0 Å². The van der Waals surface area contributed by atoms with Crippen molar-refractivity contribution in [2.45, 2.75) is 58.4 Å². The van der Waals surface area contributed by atoms with Gasteiger partial charge in [0.15, 0.2) is 5.82 Å². The van der Waals surface area contributed by atoms with E-state index in [0.29, 0.717) is 19.5 Å². The van der Waals surface area contributed by atoms with Crippen LogP contribution in [-0.2, 0) is 16.1 Å². The zero-order valence-electron chi connectivity index (χ0n) is 18.0. The Morgan fingerprint density at radius 2 is 1.70 bits per heavy atom. The summed E-state index contributed by atoms with van der Waals surface area (Å²) < 4.78 is 0. The second-order valence-electron chi connectivity index (χ2n) is 10.2. The minimum absolute atomic E-state index is 0.123. The molecule has 4 saturated carbocycles. The molecule has 30 heavy (non-hydrogen) atoms. The first-order chi connectivity index (χ1) is 14.5. The van der Waals surface area contributed by atoms with Crippen LogP contribution in [-0.4, -0.2) is 69.5 Å². The summed E-state index contributed by atoms with van der Waals surface area (Å²) in [7, 11) is 0. The molecule has 4 bridgehead atoms. The van der Waals surface area contributed by atoms with Crippen molar-refractivity contribution in [1.29, 1.82) is 0 Å². The Labute approximate surface area is 178 Å². The topological polar surface area (TPSA) is 94.2 Å². The van der Waals surface area contributed by atoms with Crippen molar-refractivity contribution in [2.24, 2.45) is 23.2 Å². The second kappa shape index (κ2) is 7.94. The smallest absolute Gasteiger partial charge is 0.226 e. The molecular formula is C22H34N6O2. The molecule has 1 aromatic heterocycles. The van der Waals surface area contributed by atoms with E-state index in [-0.39, 0.29) is 17.2 Å². The fraction of sp³-hybridized carbons (Fsp3) is 0.818. The van der Waals surface area contributed by atoms with Gasteiger partial charge in [-0.25, -0.2) is 4.98 Å². The molecule has 8 heteroatoms. The number of hydrogen-bond donors (Lipinski definition) is 2. The number of hydrogen-bond acceptors (Lipinski definition) is 5. The summed E-state index contributed by atoms with van der Waals surface area (Å²) in [5.74, 6) is 4.30. The molecule has 5 aliphatic rings. The molecule has 1 aromatic rings. The summed E-state index contributed by atoms with van der Waals surface area (Å²) in [5, 5.41) is 10.2. The molecule has 1 aliphatic heterocycles. The third-order valence-corrected chi connectivity index (χ3v) is 7.88. The van der Waals surface area contributed by atoms with Crippen LogP contribution < -0.4 is 5.32 Å². The zero-order valence-corrected chi connectivity index (χ0v) is 18.0. The van der Waals surface area contributed by atoms with Crippen molar-refractivity contribution in [3.8, 4) is 0 Å². The quantitative estimate of drug-likeness (QED) is 0.735. The summed E-state index contributed by atoms with van der Waals surface area (Å²) in [6, 6.07) is 0. The third-order valence-electron chi connectivity index (χ3n) is 7.88. The normalized spacial score (nSPS) is 33.1. The van der Waals surface area contributed by atoms with Crippen LogP contribution in [0.25, 0.3) is 0 Å². The number of amides is 2. The lowest BCUT2D eigenvalue weighted by Crippen LogP contribution is -2.54. The number of nitrogens with zero attached hydrogens (tertiary/aromatic N) is 4. The molecule has 0 radical (unpaired) electrons. The minimum Gasteiger partial charge on any atom is -0.355 e. The number of rotatable bonds is 6. The van der Waals surface area contributed by atoms with Gasteiger partial charge in [-0.15, -0.1) is 0 Å². The summed E-state index contributed by atoms with van der Waals surface area (Å²) in [6.45, 7) is 6.20. The number of piperazine rings is 1. The predicted octanol–water partition coefficient (Wildman–Crippen LogP) is 1.48. The van der Waals surface area contributed by atoms with Crippen molar-refractivity contribution in [3.63, 3.8) is 0 Å². The molecule has 2 amide bonds.